The first kappa shape index (κ1) is 28.4. The monoisotopic (exact) mass is 537 g/mol. The lowest BCUT2D eigenvalue weighted by atomic mass is 9.83. The number of rotatable bonds is 10. The van der Waals surface area contributed by atoms with Gasteiger partial charge >= 0.3 is 24.0 Å². The summed E-state index contributed by atoms with van der Waals surface area (Å²) in [5.74, 6) is -4.14. The van der Waals surface area contributed by atoms with E-state index in [2.05, 4.69) is 9.58 Å². The molecule has 11 heteroatoms. The van der Waals surface area contributed by atoms with Crippen molar-refractivity contribution in [1.82, 2.24) is 0 Å². The molecule has 0 amide bonds. The van der Waals surface area contributed by atoms with Crippen molar-refractivity contribution in [2.45, 2.75) is 38.0 Å². The van der Waals surface area contributed by atoms with Crippen LogP contribution in [0.15, 0.2) is 66.7 Å². The zero-order valence-corrected chi connectivity index (χ0v) is 20.1. The van der Waals surface area contributed by atoms with Crippen LogP contribution in [0.3, 0.4) is 0 Å². The highest BCUT2D eigenvalue weighted by atomic mass is 19.3. The van der Waals surface area contributed by atoms with Crippen LogP contribution < -0.4 is 9.47 Å². The van der Waals surface area contributed by atoms with Gasteiger partial charge in [-0.1, -0.05) is 18.2 Å². The van der Waals surface area contributed by atoms with Crippen LogP contribution in [0.25, 0.3) is 4.85 Å². The Hall–Kier alpha value is -4.20. The number of hydrogen-bond acceptors (Lipinski definition) is 4. The van der Waals surface area contributed by atoms with E-state index in [9.17, 15) is 31.1 Å². The molecule has 0 saturated carbocycles. The molecule has 0 saturated heterocycles. The van der Waals surface area contributed by atoms with Gasteiger partial charge in [0.25, 0.3) is 0 Å². The van der Waals surface area contributed by atoms with E-state index in [1.54, 1.807) is 32.0 Å². The van der Waals surface area contributed by atoms with Crippen molar-refractivity contribution < 1.29 is 45.3 Å². The lowest BCUT2D eigenvalue weighted by molar-refractivity contribution is -0.253. The number of carbonyl (C=O) groups excluding carboxylic acids is 1. The second kappa shape index (κ2) is 11.5. The second-order valence-corrected chi connectivity index (χ2v) is 8.37. The predicted octanol–water partition coefficient (Wildman–Crippen LogP) is 7.01. The number of nitrogens with zero attached hydrogens (tertiary/aromatic N) is 1. The van der Waals surface area contributed by atoms with Crippen LogP contribution >= 0.6 is 0 Å². The molecule has 1 atom stereocenters. The van der Waals surface area contributed by atoms with Gasteiger partial charge in [-0.25, -0.2) is 20.1 Å². The summed E-state index contributed by atoms with van der Waals surface area (Å²) in [6, 6.07) is 12.9. The Kier molecular flexibility index (Phi) is 8.56. The van der Waals surface area contributed by atoms with Crippen molar-refractivity contribution in [2.75, 3.05) is 6.61 Å². The summed E-state index contributed by atoms with van der Waals surface area (Å²) in [5, 5.41) is 0. The normalized spacial score (nSPS) is 13.1. The lowest BCUT2D eigenvalue weighted by Crippen LogP contribution is -2.34. The summed E-state index contributed by atoms with van der Waals surface area (Å²) in [6.07, 6.45) is -9.66. The SMILES string of the molecule is [C-]#[N+]C(COC(=O)c1ccccc1)(c1cc(F)cc(OC(F)(F)C(F)F)c1)c1ccc(F)c(OC(C)C)c1. The fraction of sp³-hybridized carbons (Fsp3) is 0.259. The predicted molar refractivity (Wildman–Crippen MR) is 124 cm³/mol. The largest absolute Gasteiger partial charge is 0.488 e. The topological polar surface area (TPSA) is 49.1 Å². The first-order valence-corrected chi connectivity index (χ1v) is 11.1. The van der Waals surface area contributed by atoms with Crippen LogP contribution in [0.2, 0.25) is 0 Å². The molecule has 1 unspecified atom stereocenters. The van der Waals surface area contributed by atoms with Crippen molar-refractivity contribution in [2.24, 2.45) is 0 Å². The van der Waals surface area contributed by atoms with E-state index in [-0.39, 0.29) is 22.4 Å². The third-order valence-electron chi connectivity index (χ3n) is 5.24. The Morgan fingerprint density at radius 2 is 1.66 bits per heavy atom. The highest BCUT2D eigenvalue weighted by Gasteiger charge is 2.47. The molecule has 0 spiro atoms. The summed E-state index contributed by atoms with van der Waals surface area (Å²) in [4.78, 5) is 16.2. The minimum atomic E-state index is -4.96. The van der Waals surface area contributed by atoms with Gasteiger partial charge in [-0.2, -0.15) is 17.6 Å². The summed E-state index contributed by atoms with van der Waals surface area (Å²) < 4.78 is 96.3. The third-order valence-corrected chi connectivity index (χ3v) is 5.24. The first-order valence-electron chi connectivity index (χ1n) is 11.1. The molecule has 200 valence electrons. The van der Waals surface area contributed by atoms with Crippen molar-refractivity contribution in [3.05, 3.63) is 106 Å². The number of ether oxygens (including phenoxy) is 3. The molecule has 0 aromatic heterocycles. The van der Waals surface area contributed by atoms with Crippen LogP contribution in [0, 0.1) is 18.2 Å². The fourth-order valence-corrected chi connectivity index (χ4v) is 3.49. The molecule has 0 bridgehead atoms. The van der Waals surface area contributed by atoms with Gasteiger partial charge in [-0.05, 0) is 56.3 Å². The maximum Gasteiger partial charge on any atom is 0.461 e. The highest BCUT2D eigenvalue weighted by molar-refractivity contribution is 5.89. The van der Waals surface area contributed by atoms with E-state index in [0.29, 0.717) is 6.07 Å². The maximum atomic E-state index is 14.6. The van der Waals surface area contributed by atoms with Crippen LogP contribution in [0.1, 0.15) is 35.3 Å². The van der Waals surface area contributed by atoms with E-state index in [1.165, 1.54) is 12.1 Å². The van der Waals surface area contributed by atoms with Gasteiger partial charge in [0.1, 0.15) is 11.6 Å². The molecule has 3 rings (SSSR count). The molecule has 0 aliphatic heterocycles. The van der Waals surface area contributed by atoms with Crippen LogP contribution in [0.5, 0.6) is 11.5 Å². The summed E-state index contributed by atoms with van der Waals surface area (Å²) in [6.45, 7) is 10.4. The van der Waals surface area contributed by atoms with Crippen LogP contribution in [0.4, 0.5) is 26.3 Å². The molecule has 0 aliphatic rings. The minimum absolute atomic E-state index is 0.0532. The van der Waals surface area contributed by atoms with Gasteiger partial charge in [0.15, 0.2) is 18.2 Å². The molecule has 5 nitrogen and oxygen atoms in total. The zero-order valence-electron chi connectivity index (χ0n) is 20.1. The molecular formula is C27H21F6NO4. The van der Waals surface area contributed by atoms with Gasteiger partial charge in [0, 0.05) is 11.6 Å². The number of carbonyl (C=O) groups is 1. The molecular weight excluding hydrogens is 516 g/mol. The van der Waals surface area contributed by atoms with E-state index in [0.717, 1.165) is 30.3 Å². The molecule has 0 fully saturated rings. The fourth-order valence-electron chi connectivity index (χ4n) is 3.49. The summed E-state index contributed by atoms with van der Waals surface area (Å²) in [7, 11) is 0. The molecule has 0 heterocycles. The first-order chi connectivity index (χ1) is 17.9. The number of alkyl halides is 4. The van der Waals surface area contributed by atoms with Gasteiger partial charge in [-0.3, -0.25) is 4.85 Å². The van der Waals surface area contributed by atoms with E-state index >= 15 is 0 Å². The van der Waals surface area contributed by atoms with Gasteiger partial charge in [0.05, 0.1) is 17.2 Å². The number of halogens is 6. The quantitative estimate of drug-likeness (QED) is 0.159. The van der Waals surface area contributed by atoms with Crippen molar-refractivity contribution in [3.63, 3.8) is 0 Å². The maximum absolute atomic E-state index is 14.6. The Bertz CT molecular complexity index is 1330. The minimum Gasteiger partial charge on any atom is -0.488 e. The highest BCUT2D eigenvalue weighted by Crippen LogP contribution is 2.40. The van der Waals surface area contributed by atoms with E-state index < -0.39 is 54.1 Å². The van der Waals surface area contributed by atoms with Gasteiger partial charge < -0.3 is 14.2 Å². The molecule has 0 N–H and O–H groups in total. The number of hydrogen-bond donors (Lipinski definition) is 0. The molecule has 3 aromatic carbocycles. The average molecular weight is 537 g/mol. The van der Waals surface area contributed by atoms with Gasteiger partial charge in [0.2, 0.25) is 0 Å². The second-order valence-electron chi connectivity index (χ2n) is 8.37. The third kappa shape index (κ3) is 6.37. The van der Waals surface area contributed by atoms with Crippen LogP contribution in [-0.2, 0) is 10.3 Å². The average Bonchev–Trinajstić information content (AvgIpc) is 2.85. The summed E-state index contributed by atoms with van der Waals surface area (Å²) in [5.41, 5.74) is -2.46. The molecule has 38 heavy (non-hydrogen) atoms. The zero-order chi connectivity index (χ0) is 28.1. The van der Waals surface area contributed by atoms with Crippen molar-refractivity contribution >= 4 is 5.97 Å². The number of esters is 1. The van der Waals surface area contributed by atoms with Crippen molar-refractivity contribution in [1.29, 1.82) is 0 Å². The van der Waals surface area contributed by atoms with E-state index in [4.69, 9.17) is 16.0 Å². The molecule has 0 aliphatic carbocycles. The van der Waals surface area contributed by atoms with Crippen molar-refractivity contribution in [3.8, 4) is 11.5 Å². The van der Waals surface area contributed by atoms with E-state index in [1.807, 2.05) is 0 Å². The Labute approximate surface area is 214 Å². The Morgan fingerprint density at radius 1 is 0.974 bits per heavy atom. The van der Waals surface area contributed by atoms with Gasteiger partial charge in [-0.15, -0.1) is 0 Å². The smallest absolute Gasteiger partial charge is 0.461 e. The lowest BCUT2D eigenvalue weighted by Gasteiger charge is -2.25. The summed E-state index contributed by atoms with van der Waals surface area (Å²) >= 11 is 0. The Morgan fingerprint density at radius 3 is 2.26 bits per heavy atom. The van der Waals surface area contributed by atoms with Crippen LogP contribution in [-0.4, -0.2) is 31.2 Å². The Balaban J connectivity index is 2.15. The number of benzene rings is 3. The standard InChI is InChI=1S/C27H21F6NO4/c1-16(2)37-23-13-18(9-10-22(23)29)26(34-3,15-36-24(35)17-7-5-4-6-8-17)19-11-20(28)14-21(12-19)38-27(32,33)25(30)31/h4-14,16,25H,15H2,1-2H3. The molecule has 0 radical (unpaired) electrons. The molecule has 3 aromatic rings.